The monoisotopic (exact) mass is 487 g/mol. The molecule has 0 aromatic heterocycles. The largest absolute Gasteiger partial charge is 0.497 e. The molecule has 4 rings (SSSR count). The number of nitrogens with one attached hydrogen (secondary N) is 1. The second kappa shape index (κ2) is 10.4. The average molecular weight is 488 g/mol. The maximum absolute atomic E-state index is 13.0. The van der Waals surface area contributed by atoms with Gasteiger partial charge >= 0.3 is 0 Å². The highest BCUT2D eigenvalue weighted by Crippen LogP contribution is 2.32. The Kier molecular flexibility index (Phi) is 7.57. The van der Waals surface area contributed by atoms with Gasteiger partial charge in [0.25, 0.3) is 0 Å². The molecule has 2 heterocycles. The van der Waals surface area contributed by atoms with Gasteiger partial charge in [-0.3, -0.25) is 9.69 Å². The number of carbonyl (C=O) groups excluding carboxylic acids is 1. The van der Waals surface area contributed by atoms with E-state index in [0.717, 1.165) is 25.1 Å². The first-order valence-electron chi connectivity index (χ1n) is 11.7. The molecule has 2 aromatic carbocycles. The Morgan fingerprint density at radius 3 is 2.32 bits per heavy atom. The maximum Gasteiger partial charge on any atom is 0.243 e. The number of nitrogens with zero attached hydrogens (tertiary/aromatic N) is 2. The van der Waals surface area contributed by atoms with Crippen LogP contribution in [0.1, 0.15) is 38.3 Å². The molecule has 9 heteroatoms. The molecule has 34 heavy (non-hydrogen) atoms. The van der Waals surface area contributed by atoms with Crippen molar-refractivity contribution < 1.29 is 22.7 Å². The first-order valence-corrected chi connectivity index (χ1v) is 13.1. The minimum absolute atomic E-state index is 0.119. The molecular formula is C25H33N3O5S. The number of sulfonamides is 1. The van der Waals surface area contributed by atoms with Crippen LogP contribution in [0.5, 0.6) is 5.75 Å². The van der Waals surface area contributed by atoms with Gasteiger partial charge in [0, 0.05) is 24.8 Å². The van der Waals surface area contributed by atoms with E-state index >= 15 is 0 Å². The molecule has 3 unspecified atom stereocenters. The van der Waals surface area contributed by atoms with Crippen molar-refractivity contribution in [1.29, 1.82) is 0 Å². The average Bonchev–Trinajstić information content (AvgIpc) is 3.26. The lowest BCUT2D eigenvalue weighted by atomic mass is 10.0. The zero-order valence-electron chi connectivity index (χ0n) is 19.9. The normalized spacial score (nSPS) is 24.1. The summed E-state index contributed by atoms with van der Waals surface area (Å²) in [5.41, 5.74) is 1.75. The van der Waals surface area contributed by atoms with Crippen molar-refractivity contribution in [3.8, 4) is 5.75 Å². The highest BCUT2D eigenvalue weighted by atomic mass is 32.2. The van der Waals surface area contributed by atoms with Crippen LogP contribution in [0.3, 0.4) is 0 Å². The Bertz CT molecular complexity index is 1080. The zero-order valence-corrected chi connectivity index (χ0v) is 20.8. The highest BCUT2D eigenvalue weighted by Gasteiger charge is 2.32. The van der Waals surface area contributed by atoms with Crippen molar-refractivity contribution >= 4 is 21.6 Å². The van der Waals surface area contributed by atoms with Crippen LogP contribution in [-0.4, -0.2) is 69.0 Å². The van der Waals surface area contributed by atoms with Crippen molar-refractivity contribution in [2.24, 2.45) is 0 Å². The zero-order chi connectivity index (χ0) is 24.3. The molecule has 1 N–H and O–H groups in total. The molecule has 0 spiro atoms. The van der Waals surface area contributed by atoms with E-state index in [0.29, 0.717) is 18.8 Å². The Morgan fingerprint density at radius 1 is 1.06 bits per heavy atom. The van der Waals surface area contributed by atoms with Crippen LogP contribution < -0.4 is 10.1 Å². The molecule has 3 atom stereocenters. The van der Waals surface area contributed by atoms with Gasteiger partial charge in [0.05, 0.1) is 30.8 Å². The predicted octanol–water partition coefficient (Wildman–Crippen LogP) is 3.27. The topological polar surface area (TPSA) is 88.2 Å². The number of amides is 1. The van der Waals surface area contributed by atoms with Gasteiger partial charge in [-0.1, -0.05) is 12.1 Å². The summed E-state index contributed by atoms with van der Waals surface area (Å²) < 4.78 is 38.4. The van der Waals surface area contributed by atoms with E-state index in [1.54, 1.807) is 31.4 Å². The van der Waals surface area contributed by atoms with Gasteiger partial charge in [-0.15, -0.1) is 0 Å². The predicted molar refractivity (Wildman–Crippen MR) is 130 cm³/mol. The van der Waals surface area contributed by atoms with Crippen LogP contribution in [0, 0.1) is 0 Å². The number of carbonyl (C=O) groups is 1. The Morgan fingerprint density at radius 2 is 1.71 bits per heavy atom. The Hall–Kier alpha value is -2.46. The fraction of sp³-hybridized carbons (Fsp3) is 0.480. The van der Waals surface area contributed by atoms with Crippen molar-refractivity contribution in [3.63, 3.8) is 0 Å². The molecule has 1 amide bonds. The third-order valence-corrected chi connectivity index (χ3v) is 8.22. The summed E-state index contributed by atoms with van der Waals surface area (Å²) in [6, 6.07) is 14.6. The summed E-state index contributed by atoms with van der Waals surface area (Å²) in [5, 5.41) is 2.90. The number of morpholine rings is 1. The van der Waals surface area contributed by atoms with Crippen molar-refractivity contribution in [2.45, 2.75) is 49.8 Å². The van der Waals surface area contributed by atoms with E-state index in [9.17, 15) is 13.2 Å². The summed E-state index contributed by atoms with van der Waals surface area (Å²) in [6.07, 6.45) is 1.74. The molecule has 0 saturated carbocycles. The number of ether oxygens (including phenoxy) is 2. The molecule has 8 nitrogen and oxygen atoms in total. The number of hydrogen-bond donors (Lipinski definition) is 1. The Balaban J connectivity index is 1.37. The first-order chi connectivity index (χ1) is 16.3. The lowest BCUT2D eigenvalue weighted by Crippen LogP contribution is -2.48. The van der Waals surface area contributed by atoms with Crippen LogP contribution in [0.4, 0.5) is 5.69 Å². The van der Waals surface area contributed by atoms with Crippen LogP contribution >= 0.6 is 0 Å². The van der Waals surface area contributed by atoms with Gasteiger partial charge in [-0.25, -0.2) is 8.42 Å². The summed E-state index contributed by atoms with van der Waals surface area (Å²) in [7, 11) is -1.97. The molecule has 2 aliphatic rings. The van der Waals surface area contributed by atoms with Crippen LogP contribution in [-0.2, 0) is 19.6 Å². The fourth-order valence-corrected chi connectivity index (χ4v) is 6.38. The van der Waals surface area contributed by atoms with Gasteiger partial charge < -0.3 is 14.8 Å². The van der Waals surface area contributed by atoms with E-state index < -0.39 is 10.0 Å². The summed E-state index contributed by atoms with van der Waals surface area (Å²) in [4.78, 5) is 15.1. The van der Waals surface area contributed by atoms with Crippen LogP contribution in [0.15, 0.2) is 53.4 Å². The van der Waals surface area contributed by atoms with Crippen LogP contribution in [0.2, 0.25) is 0 Å². The first kappa shape index (κ1) is 24.7. The smallest absolute Gasteiger partial charge is 0.243 e. The molecule has 2 aliphatic heterocycles. The maximum atomic E-state index is 13.0. The molecule has 2 saturated heterocycles. The quantitative estimate of drug-likeness (QED) is 0.645. The SMILES string of the molecule is COc1ccc(C2CCCN2CC(=O)Nc2ccc(S(=O)(=O)N3CC(C)OC(C)C3)cc2)cc1. The van der Waals surface area contributed by atoms with E-state index in [1.165, 1.54) is 9.87 Å². The molecule has 2 aromatic rings. The van der Waals surface area contributed by atoms with Crippen molar-refractivity contribution in [1.82, 2.24) is 9.21 Å². The summed E-state index contributed by atoms with van der Waals surface area (Å²) >= 11 is 0. The van der Waals surface area contributed by atoms with E-state index in [-0.39, 0.29) is 35.6 Å². The van der Waals surface area contributed by atoms with E-state index in [4.69, 9.17) is 9.47 Å². The second-order valence-electron chi connectivity index (χ2n) is 9.05. The number of likely N-dealkylation sites (tertiary alicyclic amines) is 1. The molecular weight excluding hydrogens is 454 g/mol. The second-order valence-corrected chi connectivity index (χ2v) is 11.0. The molecule has 2 fully saturated rings. The number of anilines is 1. The summed E-state index contributed by atoms with van der Waals surface area (Å²) in [6.45, 7) is 5.54. The minimum Gasteiger partial charge on any atom is -0.497 e. The highest BCUT2D eigenvalue weighted by molar-refractivity contribution is 7.89. The van der Waals surface area contributed by atoms with Gasteiger partial charge in [0.2, 0.25) is 15.9 Å². The molecule has 0 bridgehead atoms. The van der Waals surface area contributed by atoms with Gasteiger partial charge in [-0.05, 0) is 75.2 Å². The molecule has 0 aliphatic carbocycles. The minimum atomic E-state index is -3.61. The Labute approximate surface area is 201 Å². The lowest BCUT2D eigenvalue weighted by Gasteiger charge is -2.34. The lowest BCUT2D eigenvalue weighted by molar-refractivity contribution is -0.117. The van der Waals surface area contributed by atoms with Crippen molar-refractivity contribution in [2.75, 3.05) is 38.6 Å². The number of benzene rings is 2. The number of hydrogen-bond acceptors (Lipinski definition) is 6. The standard InChI is InChI=1S/C25H33N3O5S/c1-18-15-28(16-19(2)33-18)34(30,31)23-12-8-21(9-13-23)26-25(29)17-27-14-4-5-24(27)20-6-10-22(32-3)11-7-20/h6-13,18-19,24H,4-5,14-17H2,1-3H3,(H,26,29). The molecule has 0 radical (unpaired) electrons. The number of rotatable bonds is 7. The van der Waals surface area contributed by atoms with Crippen LogP contribution in [0.25, 0.3) is 0 Å². The fourth-order valence-electron chi connectivity index (χ4n) is 4.79. The van der Waals surface area contributed by atoms with Gasteiger partial charge in [-0.2, -0.15) is 4.31 Å². The van der Waals surface area contributed by atoms with E-state index in [1.807, 2.05) is 26.0 Å². The van der Waals surface area contributed by atoms with E-state index in [2.05, 4.69) is 22.3 Å². The van der Waals surface area contributed by atoms with Crippen molar-refractivity contribution in [3.05, 3.63) is 54.1 Å². The summed E-state index contributed by atoms with van der Waals surface area (Å²) in [5.74, 6) is 0.695. The third-order valence-electron chi connectivity index (χ3n) is 6.37. The third kappa shape index (κ3) is 5.60. The molecule has 184 valence electrons. The van der Waals surface area contributed by atoms with Gasteiger partial charge in [0.15, 0.2) is 0 Å². The van der Waals surface area contributed by atoms with Gasteiger partial charge in [0.1, 0.15) is 5.75 Å². The number of methoxy groups -OCH3 is 1.